The van der Waals surface area contributed by atoms with Crippen LogP contribution in [-0.4, -0.2) is 9.97 Å². The van der Waals surface area contributed by atoms with Gasteiger partial charge in [-0.1, -0.05) is 12.1 Å². The van der Waals surface area contributed by atoms with Gasteiger partial charge < -0.3 is 4.98 Å². The first-order chi connectivity index (χ1) is 9.69. The summed E-state index contributed by atoms with van der Waals surface area (Å²) in [5.74, 6) is 0. The summed E-state index contributed by atoms with van der Waals surface area (Å²) >= 11 is 0. The minimum Gasteiger partial charge on any atom is -0.325 e. The lowest BCUT2D eigenvalue weighted by atomic mass is 9.99. The number of hydrogen-bond donors (Lipinski definition) is 1. The molecule has 0 aliphatic rings. The van der Waals surface area contributed by atoms with Crippen LogP contribution in [0.5, 0.6) is 0 Å². The van der Waals surface area contributed by atoms with Gasteiger partial charge in [-0.05, 0) is 36.1 Å². The Labute approximate surface area is 115 Å². The lowest BCUT2D eigenvalue weighted by Gasteiger charge is -2.06. The number of aromatic nitrogens is 2. The van der Waals surface area contributed by atoms with E-state index in [9.17, 15) is 10.1 Å². The van der Waals surface area contributed by atoms with Crippen LogP contribution in [0.3, 0.4) is 0 Å². The molecule has 4 heteroatoms. The highest BCUT2D eigenvalue weighted by Gasteiger charge is 2.10. The molecule has 1 N–H and O–H groups in total. The predicted molar refractivity (Wildman–Crippen MR) is 77.3 cm³/mol. The van der Waals surface area contributed by atoms with Crippen LogP contribution in [0.25, 0.3) is 21.9 Å². The standard InChI is InChI=1S/C16H11N3O/c1-10-6-14(15(8-17)16(20)19-10)12-3-2-11-4-5-18-9-13(11)7-12/h2-7,9H,1H3,(H,19,20). The van der Waals surface area contributed by atoms with Crippen LogP contribution >= 0.6 is 0 Å². The van der Waals surface area contributed by atoms with E-state index in [-0.39, 0.29) is 11.1 Å². The van der Waals surface area contributed by atoms with Crippen LogP contribution < -0.4 is 5.56 Å². The van der Waals surface area contributed by atoms with E-state index in [1.165, 1.54) is 0 Å². The highest BCUT2D eigenvalue weighted by Crippen LogP contribution is 2.25. The molecule has 3 rings (SSSR count). The normalized spacial score (nSPS) is 10.4. The molecule has 4 nitrogen and oxygen atoms in total. The second-order valence-electron chi connectivity index (χ2n) is 4.62. The molecule has 0 radical (unpaired) electrons. The molecular weight excluding hydrogens is 250 g/mol. The van der Waals surface area contributed by atoms with Gasteiger partial charge in [-0.2, -0.15) is 5.26 Å². The van der Waals surface area contributed by atoms with E-state index < -0.39 is 0 Å². The molecule has 1 aromatic carbocycles. The minimum atomic E-state index is -0.353. The number of fused-ring (bicyclic) bond motifs is 1. The molecule has 0 aliphatic carbocycles. The van der Waals surface area contributed by atoms with Crippen molar-refractivity contribution < 1.29 is 0 Å². The molecule has 0 saturated carbocycles. The van der Waals surface area contributed by atoms with E-state index in [4.69, 9.17) is 0 Å². The third-order valence-corrected chi connectivity index (χ3v) is 3.23. The van der Waals surface area contributed by atoms with Crippen LogP contribution in [0.4, 0.5) is 0 Å². The van der Waals surface area contributed by atoms with Crippen molar-refractivity contribution in [3.05, 3.63) is 64.3 Å². The number of nitrogens with one attached hydrogen (secondary N) is 1. The highest BCUT2D eigenvalue weighted by molar-refractivity contribution is 5.87. The first kappa shape index (κ1) is 12.1. The zero-order valence-corrected chi connectivity index (χ0v) is 10.8. The van der Waals surface area contributed by atoms with Crippen LogP contribution in [0.15, 0.2) is 47.5 Å². The van der Waals surface area contributed by atoms with Crippen molar-refractivity contribution in [1.82, 2.24) is 9.97 Å². The Kier molecular flexibility index (Phi) is 2.81. The molecule has 0 unspecified atom stereocenters. The van der Waals surface area contributed by atoms with Crippen molar-refractivity contribution >= 4 is 10.8 Å². The number of hydrogen-bond acceptors (Lipinski definition) is 3. The van der Waals surface area contributed by atoms with Gasteiger partial charge in [0.25, 0.3) is 5.56 Å². The molecule has 0 aliphatic heterocycles. The van der Waals surface area contributed by atoms with Gasteiger partial charge in [-0.25, -0.2) is 0 Å². The number of benzene rings is 1. The molecule has 0 fully saturated rings. The lowest BCUT2D eigenvalue weighted by molar-refractivity contribution is 1.13. The maximum absolute atomic E-state index is 11.8. The minimum absolute atomic E-state index is 0.138. The fourth-order valence-corrected chi connectivity index (χ4v) is 2.28. The van der Waals surface area contributed by atoms with Gasteiger partial charge in [0.05, 0.1) is 0 Å². The largest absolute Gasteiger partial charge is 0.325 e. The fourth-order valence-electron chi connectivity index (χ4n) is 2.28. The molecule has 0 saturated heterocycles. The van der Waals surface area contributed by atoms with Gasteiger partial charge in [0.15, 0.2) is 0 Å². The second kappa shape index (κ2) is 4.63. The summed E-state index contributed by atoms with van der Waals surface area (Å²) in [6.45, 7) is 1.80. The Morgan fingerprint density at radius 1 is 1.20 bits per heavy atom. The maximum Gasteiger partial charge on any atom is 0.266 e. The van der Waals surface area contributed by atoms with Crippen molar-refractivity contribution in [3.8, 4) is 17.2 Å². The number of H-pyrrole nitrogens is 1. The van der Waals surface area contributed by atoms with Gasteiger partial charge in [-0.3, -0.25) is 9.78 Å². The lowest BCUT2D eigenvalue weighted by Crippen LogP contribution is -2.12. The van der Waals surface area contributed by atoms with E-state index in [1.807, 2.05) is 36.4 Å². The van der Waals surface area contributed by atoms with Crippen LogP contribution in [-0.2, 0) is 0 Å². The van der Waals surface area contributed by atoms with Gasteiger partial charge >= 0.3 is 0 Å². The maximum atomic E-state index is 11.8. The molecule has 20 heavy (non-hydrogen) atoms. The molecular formula is C16H11N3O. The molecule has 3 aromatic rings. The van der Waals surface area contributed by atoms with Crippen molar-refractivity contribution in [2.45, 2.75) is 6.92 Å². The summed E-state index contributed by atoms with van der Waals surface area (Å²) in [5, 5.41) is 11.2. The molecule has 0 atom stereocenters. The summed E-state index contributed by atoms with van der Waals surface area (Å²) in [7, 11) is 0. The predicted octanol–water partition coefficient (Wildman–Crippen LogP) is 2.77. The Bertz CT molecular complexity index is 903. The molecule has 2 heterocycles. The SMILES string of the molecule is Cc1cc(-c2ccc3ccncc3c2)c(C#N)c(=O)[nH]1. The Balaban J connectivity index is 2.31. The molecule has 0 amide bonds. The van der Waals surface area contributed by atoms with Gasteiger partial charge in [0, 0.05) is 29.0 Å². The first-order valence-electron chi connectivity index (χ1n) is 6.17. The van der Waals surface area contributed by atoms with Crippen molar-refractivity contribution in [2.75, 3.05) is 0 Å². The van der Waals surface area contributed by atoms with Crippen LogP contribution in [0.2, 0.25) is 0 Å². The average Bonchev–Trinajstić information content (AvgIpc) is 2.46. The fraction of sp³-hybridized carbons (Fsp3) is 0.0625. The number of pyridine rings is 2. The third kappa shape index (κ3) is 1.95. The number of aromatic amines is 1. The highest BCUT2D eigenvalue weighted by atomic mass is 16.1. The molecule has 0 bridgehead atoms. The summed E-state index contributed by atoms with van der Waals surface area (Å²) in [6.07, 6.45) is 3.50. The molecule has 0 spiro atoms. The second-order valence-corrected chi connectivity index (χ2v) is 4.62. The van der Waals surface area contributed by atoms with Crippen molar-refractivity contribution in [3.63, 3.8) is 0 Å². The smallest absolute Gasteiger partial charge is 0.266 e. The molecule has 2 aromatic heterocycles. The van der Waals surface area contributed by atoms with Gasteiger partial charge in [0.2, 0.25) is 0 Å². The van der Waals surface area contributed by atoms with Gasteiger partial charge in [-0.15, -0.1) is 0 Å². The molecule has 96 valence electrons. The van der Waals surface area contributed by atoms with E-state index in [1.54, 1.807) is 19.3 Å². The quantitative estimate of drug-likeness (QED) is 0.732. The Morgan fingerprint density at radius 3 is 2.85 bits per heavy atom. The van der Waals surface area contributed by atoms with E-state index in [0.29, 0.717) is 5.56 Å². The van der Waals surface area contributed by atoms with E-state index in [0.717, 1.165) is 22.0 Å². The first-order valence-corrected chi connectivity index (χ1v) is 6.17. The summed E-state index contributed by atoms with van der Waals surface area (Å²) < 4.78 is 0. The van der Waals surface area contributed by atoms with Gasteiger partial charge in [0.1, 0.15) is 11.6 Å². The van der Waals surface area contributed by atoms with Crippen molar-refractivity contribution in [1.29, 1.82) is 5.26 Å². The summed E-state index contributed by atoms with van der Waals surface area (Å²) in [5.41, 5.74) is 2.01. The summed E-state index contributed by atoms with van der Waals surface area (Å²) in [6, 6.07) is 11.5. The summed E-state index contributed by atoms with van der Waals surface area (Å²) in [4.78, 5) is 18.6. The zero-order valence-electron chi connectivity index (χ0n) is 10.8. The third-order valence-electron chi connectivity index (χ3n) is 3.23. The van der Waals surface area contributed by atoms with Crippen molar-refractivity contribution in [2.24, 2.45) is 0 Å². The average molecular weight is 261 g/mol. The van der Waals surface area contributed by atoms with Crippen LogP contribution in [0, 0.1) is 18.3 Å². The number of rotatable bonds is 1. The number of nitriles is 1. The monoisotopic (exact) mass is 261 g/mol. The van der Waals surface area contributed by atoms with Crippen LogP contribution in [0.1, 0.15) is 11.3 Å². The number of aryl methyl sites for hydroxylation is 1. The Morgan fingerprint density at radius 2 is 2.05 bits per heavy atom. The Hall–Kier alpha value is -2.93. The number of nitrogens with zero attached hydrogens (tertiary/aromatic N) is 2. The van der Waals surface area contributed by atoms with E-state index in [2.05, 4.69) is 9.97 Å². The van der Waals surface area contributed by atoms with E-state index >= 15 is 0 Å². The topological polar surface area (TPSA) is 69.5 Å². The zero-order chi connectivity index (χ0) is 14.1.